The highest BCUT2D eigenvalue weighted by molar-refractivity contribution is 7.16. The second-order valence-corrected chi connectivity index (χ2v) is 6.46. The van der Waals surface area contributed by atoms with Gasteiger partial charge in [-0.3, -0.25) is 0 Å². The third kappa shape index (κ3) is 1.74. The minimum Gasteiger partial charge on any atom is -0.244 e. The molecule has 0 radical (unpaired) electrons. The van der Waals surface area contributed by atoms with Crippen molar-refractivity contribution >= 4 is 32.6 Å². The molecule has 0 atom stereocenters. The molecule has 110 valence electrons. The standard InChI is InChI=1S/C18H18N3S/c1-4-21-14-8-6-5-7-13(14)20(3)18(21)16-12(2)9-10-15-17(16)19-11-22-15/h5-11H,4H2,1-3H3/q+1. The Balaban J connectivity index is 2.19. The normalized spacial score (nSPS) is 11.6. The minimum atomic E-state index is 0.941. The fourth-order valence-electron chi connectivity index (χ4n) is 3.32. The Labute approximate surface area is 133 Å². The highest BCUT2D eigenvalue weighted by atomic mass is 32.1. The van der Waals surface area contributed by atoms with E-state index >= 15 is 0 Å². The van der Waals surface area contributed by atoms with Gasteiger partial charge >= 0.3 is 0 Å². The van der Waals surface area contributed by atoms with E-state index in [2.05, 4.69) is 71.4 Å². The van der Waals surface area contributed by atoms with Gasteiger partial charge in [0.25, 0.3) is 5.82 Å². The zero-order valence-corrected chi connectivity index (χ0v) is 13.8. The fourth-order valence-corrected chi connectivity index (χ4v) is 4.01. The number of para-hydroxylation sites is 2. The number of aromatic nitrogens is 3. The van der Waals surface area contributed by atoms with Crippen LogP contribution in [-0.2, 0) is 13.6 Å². The van der Waals surface area contributed by atoms with Crippen molar-refractivity contribution < 1.29 is 4.57 Å². The molecule has 0 spiro atoms. The predicted octanol–water partition coefficient (Wildman–Crippen LogP) is 4.07. The van der Waals surface area contributed by atoms with Gasteiger partial charge in [-0.25, -0.2) is 14.1 Å². The van der Waals surface area contributed by atoms with Gasteiger partial charge < -0.3 is 0 Å². The maximum Gasteiger partial charge on any atom is 0.292 e. The van der Waals surface area contributed by atoms with Crippen LogP contribution in [0.1, 0.15) is 12.5 Å². The number of rotatable bonds is 2. The lowest BCUT2D eigenvalue weighted by molar-refractivity contribution is -0.634. The summed E-state index contributed by atoms with van der Waals surface area (Å²) in [5.41, 5.74) is 8.09. The molecular weight excluding hydrogens is 290 g/mol. The molecule has 4 aromatic rings. The lowest BCUT2D eigenvalue weighted by Crippen LogP contribution is -2.30. The van der Waals surface area contributed by atoms with Gasteiger partial charge in [-0.05, 0) is 37.6 Å². The molecule has 0 aliphatic rings. The Morgan fingerprint density at radius 1 is 1.18 bits per heavy atom. The number of imidazole rings is 1. The maximum atomic E-state index is 4.63. The van der Waals surface area contributed by atoms with Gasteiger partial charge in [0.15, 0.2) is 11.0 Å². The Bertz CT molecular complexity index is 994. The smallest absolute Gasteiger partial charge is 0.244 e. The molecule has 0 unspecified atom stereocenters. The molecule has 4 rings (SSSR count). The first-order valence-corrected chi connectivity index (χ1v) is 8.40. The topological polar surface area (TPSA) is 21.7 Å². The summed E-state index contributed by atoms with van der Waals surface area (Å²) in [6, 6.07) is 13.0. The summed E-state index contributed by atoms with van der Waals surface area (Å²) in [7, 11) is 2.15. The third-order valence-corrected chi connectivity index (χ3v) is 5.15. The summed E-state index contributed by atoms with van der Waals surface area (Å²) >= 11 is 1.70. The number of thiazole rings is 1. The molecule has 4 heteroatoms. The molecule has 0 fully saturated rings. The van der Waals surface area contributed by atoms with Crippen molar-refractivity contribution in [3.63, 3.8) is 0 Å². The Morgan fingerprint density at radius 2 is 2.00 bits per heavy atom. The van der Waals surface area contributed by atoms with Crippen LogP contribution < -0.4 is 4.57 Å². The molecule has 2 aromatic heterocycles. The summed E-state index contributed by atoms with van der Waals surface area (Å²) in [5, 5.41) is 0. The summed E-state index contributed by atoms with van der Waals surface area (Å²) in [4.78, 5) is 4.63. The van der Waals surface area contributed by atoms with E-state index in [1.165, 1.54) is 32.7 Å². The summed E-state index contributed by atoms with van der Waals surface area (Å²) in [5.74, 6) is 1.23. The van der Waals surface area contributed by atoms with E-state index in [-0.39, 0.29) is 0 Å². The second kappa shape index (κ2) is 4.92. The van der Waals surface area contributed by atoms with Crippen molar-refractivity contribution in [2.75, 3.05) is 0 Å². The second-order valence-electron chi connectivity index (χ2n) is 5.57. The first kappa shape index (κ1) is 13.5. The van der Waals surface area contributed by atoms with Crippen molar-refractivity contribution in [3.8, 4) is 11.4 Å². The van der Waals surface area contributed by atoms with Crippen molar-refractivity contribution in [2.45, 2.75) is 20.4 Å². The van der Waals surface area contributed by atoms with Gasteiger partial charge in [-0.1, -0.05) is 18.2 Å². The molecule has 0 bridgehead atoms. The van der Waals surface area contributed by atoms with E-state index in [9.17, 15) is 0 Å². The molecule has 0 aliphatic heterocycles. The summed E-state index contributed by atoms with van der Waals surface area (Å²) in [6.07, 6.45) is 0. The van der Waals surface area contributed by atoms with Crippen LogP contribution in [0.4, 0.5) is 0 Å². The number of hydrogen-bond acceptors (Lipinski definition) is 2. The molecule has 0 saturated carbocycles. The van der Waals surface area contributed by atoms with Crippen molar-refractivity contribution in [1.82, 2.24) is 9.55 Å². The Kier molecular flexibility index (Phi) is 3.01. The van der Waals surface area contributed by atoms with Gasteiger partial charge in [-0.2, -0.15) is 0 Å². The van der Waals surface area contributed by atoms with Gasteiger partial charge in [-0.15, -0.1) is 11.3 Å². The van der Waals surface area contributed by atoms with Gasteiger partial charge in [0.05, 0.1) is 34.9 Å². The lowest BCUT2D eigenvalue weighted by atomic mass is 10.1. The summed E-state index contributed by atoms with van der Waals surface area (Å²) in [6.45, 7) is 5.31. The quantitative estimate of drug-likeness (QED) is 0.512. The highest BCUT2D eigenvalue weighted by Crippen LogP contribution is 2.33. The van der Waals surface area contributed by atoms with Crippen LogP contribution in [0.5, 0.6) is 0 Å². The molecule has 22 heavy (non-hydrogen) atoms. The monoisotopic (exact) mass is 308 g/mol. The van der Waals surface area contributed by atoms with E-state index in [1.807, 2.05) is 5.51 Å². The van der Waals surface area contributed by atoms with Crippen molar-refractivity contribution in [3.05, 3.63) is 47.5 Å². The molecule has 2 heterocycles. The molecule has 0 N–H and O–H groups in total. The molecule has 3 nitrogen and oxygen atoms in total. The highest BCUT2D eigenvalue weighted by Gasteiger charge is 2.26. The molecule has 0 saturated heterocycles. The zero-order valence-electron chi connectivity index (χ0n) is 13.0. The van der Waals surface area contributed by atoms with E-state index in [1.54, 1.807) is 11.3 Å². The lowest BCUT2D eigenvalue weighted by Gasteiger charge is -2.06. The molecule has 0 aliphatic carbocycles. The average Bonchev–Trinajstić information content (AvgIpc) is 3.11. The van der Waals surface area contributed by atoms with E-state index < -0.39 is 0 Å². The van der Waals surface area contributed by atoms with Crippen LogP contribution in [-0.4, -0.2) is 9.55 Å². The Hall–Kier alpha value is -2.20. The number of benzene rings is 2. The summed E-state index contributed by atoms with van der Waals surface area (Å²) < 4.78 is 5.92. The van der Waals surface area contributed by atoms with Gasteiger partial charge in [0.1, 0.15) is 0 Å². The van der Waals surface area contributed by atoms with Gasteiger partial charge in [0, 0.05) is 0 Å². The van der Waals surface area contributed by atoms with Crippen LogP contribution in [0.25, 0.3) is 32.6 Å². The Morgan fingerprint density at radius 3 is 2.82 bits per heavy atom. The zero-order chi connectivity index (χ0) is 15.3. The van der Waals surface area contributed by atoms with Gasteiger partial charge in [0.2, 0.25) is 0 Å². The van der Waals surface area contributed by atoms with Crippen LogP contribution in [0.15, 0.2) is 41.9 Å². The van der Waals surface area contributed by atoms with E-state index in [0.717, 1.165) is 12.1 Å². The average molecular weight is 308 g/mol. The first-order chi connectivity index (χ1) is 10.7. The molecular formula is C18H18N3S+. The van der Waals surface area contributed by atoms with E-state index in [4.69, 9.17) is 0 Å². The first-order valence-electron chi connectivity index (χ1n) is 7.52. The third-order valence-electron chi connectivity index (χ3n) is 4.36. The molecule has 0 amide bonds. The van der Waals surface area contributed by atoms with Crippen molar-refractivity contribution in [1.29, 1.82) is 0 Å². The number of hydrogen-bond donors (Lipinski definition) is 0. The SMILES string of the molecule is CCn1c(-c2c(C)ccc3scnc23)[n+](C)c2ccccc21. The number of fused-ring (bicyclic) bond motifs is 2. The number of nitrogens with zero attached hydrogens (tertiary/aromatic N) is 3. The maximum absolute atomic E-state index is 4.63. The predicted molar refractivity (Wildman–Crippen MR) is 92.1 cm³/mol. The van der Waals surface area contributed by atoms with Crippen LogP contribution in [0.2, 0.25) is 0 Å². The number of aryl methyl sites for hydroxylation is 3. The van der Waals surface area contributed by atoms with Crippen molar-refractivity contribution in [2.24, 2.45) is 7.05 Å². The van der Waals surface area contributed by atoms with Crippen LogP contribution in [0.3, 0.4) is 0 Å². The minimum absolute atomic E-state index is 0.941. The van der Waals surface area contributed by atoms with Crippen LogP contribution >= 0.6 is 11.3 Å². The molecule has 2 aromatic carbocycles. The van der Waals surface area contributed by atoms with E-state index in [0.29, 0.717) is 0 Å². The largest absolute Gasteiger partial charge is 0.292 e. The fraction of sp³-hybridized carbons (Fsp3) is 0.222. The van der Waals surface area contributed by atoms with Crippen LogP contribution in [0, 0.1) is 6.92 Å².